The van der Waals surface area contributed by atoms with E-state index in [9.17, 15) is 17.2 Å². The van der Waals surface area contributed by atoms with E-state index in [1.165, 1.54) is 10.4 Å². The SMILES string of the molecule is CNC1CCCN(S(=O)(=O)Nc2cc(F)c(F)c(Nc3ccccc3Cl)c2)C1. The van der Waals surface area contributed by atoms with Gasteiger partial charge in [-0.25, -0.2) is 8.78 Å². The molecule has 1 aliphatic rings. The van der Waals surface area contributed by atoms with Crippen molar-refractivity contribution >= 4 is 38.9 Å². The Kier molecular flexibility index (Phi) is 6.39. The number of benzene rings is 2. The largest absolute Gasteiger partial charge is 0.352 e. The van der Waals surface area contributed by atoms with Crippen molar-refractivity contribution in [2.24, 2.45) is 0 Å². The first-order chi connectivity index (χ1) is 13.3. The lowest BCUT2D eigenvalue weighted by molar-refractivity contribution is 0.294. The highest BCUT2D eigenvalue weighted by atomic mass is 35.5. The number of hydrogen-bond donors (Lipinski definition) is 3. The molecule has 3 N–H and O–H groups in total. The normalized spacial score (nSPS) is 18.1. The number of anilines is 3. The van der Waals surface area contributed by atoms with E-state index in [4.69, 9.17) is 11.6 Å². The summed E-state index contributed by atoms with van der Waals surface area (Å²) in [6, 6.07) is 8.63. The van der Waals surface area contributed by atoms with E-state index in [1.54, 1.807) is 31.3 Å². The number of rotatable bonds is 6. The van der Waals surface area contributed by atoms with Crippen molar-refractivity contribution in [2.45, 2.75) is 18.9 Å². The Morgan fingerprint density at radius 1 is 1.18 bits per heavy atom. The van der Waals surface area contributed by atoms with E-state index in [0.717, 1.165) is 12.5 Å². The van der Waals surface area contributed by atoms with Crippen LogP contribution < -0.4 is 15.4 Å². The standard InChI is InChI=1S/C18H21ClF2N4O2S/c1-22-12-5-4-8-25(11-12)28(26,27)24-13-9-15(20)18(21)17(10-13)23-16-7-3-2-6-14(16)19/h2-3,6-7,9-10,12,22-24H,4-5,8,11H2,1H3. The molecule has 0 radical (unpaired) electrons. The molecule has 1 unspecified atom stereocenters. The van der Waals surface area contributed by atoms with Crippen LogP contribution in [0.15, 0.2) is 36.4 Å². The van der Waals surface area contributed by atoms with Crippen LogP contribution in [0.25, 0.3) is 0 Å². The van der Waals surface area contributed by atoms with Gasteiger partial charge in [0, 0.05) is 25.2 Å². The van der Waals surface area contributed by atoms with E-state index in [2.05, 4.69) is 15.4 Å². The first kappa shape index (κ1) is 20.8. The molecule has 0 amide bonds. The van der Waals surface area contributed by atoms with Gasteiger partial charge in [-0.05, 0) is 38.1 Å². The molecule has 1 aliphatic heterocycles. The van der Waals surface area contributed by atoms with Crippen molar-refractivity contribution in [3.63, 3.8) is 0 Å². The summed E-state index contributed by atoms with van der Waals surface area (Å²) < 4.78 is 57.2. The van der Waals surface area contributed by atoms with E-state index in [1.807, 2.05) is 0 Å². The summed E-state index contributed by atoms with van der Waals surface area (Å²) >= 11 is 6.04. The maximum atomic E-state index is 14.2. The number of para-hydroxylation sites is 1. The summed E-state index contributed by atoms with van der Waals surface area (Å²) in [5.74, 6) is -2.31. The minimum atomic E-state index is -3.91. The first-order valence-electron chi connectivity index (χ1n) is 8.76. The van der Waals surface area contributed by atoms with Crippen LogP contribution in [0.1, 0.15) is 12.8 Å². The van der Waals surface area contributed by atoms with Gasteiger partial charge in [0.2, 0.25) is 0 Å². The lowest BCUT2D eigenvalue weighted by Gasteiger charge is -2.31. The highest BCUT2D eigenvalue weighted by Crippen LogP contribution is 2.30. The number of nitrogens with one attached hydrogen (secondary N) is 3. The average molecular weight is 431 g/mol. The minimum absolute atomic E-state index is 0.0488. The summed E-state index contributed by atoms with van der Waals surface area (Å²) in [6.07, 6.45) is 1.59. The molecule has 10 heteroatoms. The Hall–Kier alpha value is -1.94. The van der Waals surface area contributed by atoms with Gasteiger partial charge in [0.15, 0.2) is 11.6 Å². The van der Waals surface area contributed by atoms with Gasteiger partial charge in [-0.3, -0.25) is 4.72 Å². The van der Waals surface area contributed by atoms with Gasteiger partial charge in [0.25, 0.3) is 0 Å². The Labute approximate surface area is 168 Å². The van der Waals surface area contributed by atoms with E-state index in [-0.39, 0.29) is 17.4 Å². The molecule has 2 aromatic carbocycles. The fraction of sp³-hybridized carbons (Fsp3) is 0.333. The Morgan fingerprint density at radius 3 is 2.64 bits per heavy atom. The predicted molar refractivity (Wildman–Crippen MR) is 107 cm³/mol. The van der Waals surface area contributed by atoms with Crippen LogP contribution in [0, 0.1) is 11.6 Å². The molecule has 1 atom stereocenters. The van der Waals surface area contributed by atoms with Crippen molar-refractivity contribution in [1.29, 1.82) is 0 Å². The summed E-state index contributed by atoms with van der Waals surface area (Å²) in [5.41, 5.74) is 0.0629. The first-order valence-corrected chi connectivity index (χ1v) is 10.6. The average Bonchev–Trinajstić information content (AvgIpc) is 2.67. The molecule has 1 fully saturated rings. The summed E-state index contributed by atoms with van der Waals surface area (Å²) in [7, 11) is -2.13. The lowest BCUT2D eigenvalue weighted by Crippen LogP contribution is -2.48. The van der Waals surface area contributed by atoms with Gasteiger partial charge in [-0.2, -0.15) is 12.7 Å². The maximum absolute atomic E-state index is 14.2. The molecule has 1 heterocycles. The molecule has 0 bridgehead atoms. The third-order valence-corrected chi connectivity index (χ3v) is 6.39. The Bertz CT molecular complexity index is 959. The molecule has 0 spiro atoms. The molecule has 6 nitrogen and oxygen atoms in total. The molecule has 0 saturated carbocycles. The zero-order valence-corrected chi connectivity index (χ0v) is 16.7. The molecular formula is C18H21ClF2N4O2S. The molecule has 2 aromatic rings. The molecule has 152 valence electrons. The monoisotopic (exact) mass is 430 g/mol. The zero-order chi connectivity index (χ0) is 20.3. The number of halogens is 3. The van der Waals surface area contributed by atoms with Crippen molar-refractivity contribution in [1.82, 2.24) is 9.62 Å². The van der Waals surface area contributed by atoms with Gasteiger partial charge >= 0.3 is 10.2 Å². The fourth-order valence-corrected chi connectivity index (χ4v) is 4.53. The number of piperidine rings is 1. The van der Waals surface area contributed by atoms with Gasteiger partial charge in [-0.15, -0.1) is 0 Å². The summed E-state index contributed by atoms with van der Waals surface area (Å²) in [4.78, 5) is 0. The van der Waals surface area contributed by atoms with Gasteiger partial charge in [-0.1, -0.05) is 23.7 Å². The molecular weight excluding hydrogens is 410 g/mol. The Morgan fingerprint density at radius 2 is 1.93 bits per heavy atom. The van der Waals surface area contributed by atoms with Crippen LogP contribution in [0.3, 0.4) is 0 Å². The summed E-state index contributed by atoms with van der Waals surface area (Å²) in [6.45, 7) is 0.669. The van der Waals surface area contributed by atoms with Crippen LogP contribution in [0.4, 0.5) is 25.8 Å². The smallest absolute Gasteiger partial charge is 0.301 e. The van der Waals surface area contributed by atoms with Crippen molar-refractivity contribution in [3.8, 4) is 0 Å². The minimum Gasteiger partial charge on any atom is -0.352 e. The quantitative estimate of drug-likeness (QED) is 0.653. The topological polar surface area (TPSA) is 73.5 Å². The van der Waals surface area contributed by atoms with Crippen molar-refractivity contribution in [3.05, 3.63) is 53.1 Å². The molecule has 0 aromatic heterocycles. The second-order valence-electron chi connectivity index (χ2n) is 6.52. The van der Waals surface area contributed by atoms with Crippen molar-refractivity contribution in [2.75, 3.05) is 30.2 Å². The van der Waals surface area contributed by atoms with Crippen LogP contribution in [0.5, 0.6) is 0 Å². The molecule has 1 saturated heterocycles. The van der Waals surface area contributed by atoms with Gasteiger partial charge in [0.1, 0.15) is 0 Å². The highest BCUT2D eigenvalue weighted by molar-refractivity contribution is 7.90. The van der Waals surface area contributed by atoms with E-state index in [0.29, 0.717) is 30.2 Å². The molecule has 3 rings (SSSR count). The lowest BCUT2D eigenvalue weighted by atomic mass is 10.1. The fourth-order valence-electron chi connectivity index (χ4n) is 3.06. The number of nitrogens with zero attached hydrogens (tertiary/aromatic N) is 1. The number of hydrogen-bond acceptors (Lipinski definition) is 4. The summed E-state index contributed by atoms with van der Waals surface area (Å²) in [5, 5.41) is 6.08. The van der Waals surface area contributed by atoms with Crippen LogP contribution in [0.2, 0.25) is 5.02 Å². The highest BCUT2D eigenvalue weighted by Gasteiger charge is 2.28. The zero-order valence-electron chi connectivity index (χ0n) is 15.2. The molecule has 0 aliphatic carbocycles. The molecule has 28 heavy (non-hydrogen) atoms. The third kappa shape index (κ3) is 4.72. The van der Waals surface area contributed by atoms with Crippen LogP contribution in [-0.2, 0) is 10.2 Å². The van der Waals surface area contributed by atoms with Gasteiger partial charge < -0.3 is 10.6 Å². The third-order valence-electron chi connectivity index (χ3n) is 4.55. The maximum Gasteiger partial charge on any atom is 0.301 e. The van der Waals surface area contributed by atoms with Crippen LogP contribution >= 0.6 is 11.6 Å². The van der Waals surface area contributed by atoms with Crippen molar-refractivity contribution < 1.29 is 17.2 Å². The van der Waals surface area contributed by atoms with Gasteiger partial charge in [0.05, 0.1) is 22.1 Å². The Balaban J connectivity index is 1.84. The van der Waals surface area contributed by atoms with E-state index >= 15 is 0 Å². The number of likely N-dealkylation sites (N-methyl/N-ethyl adjacent to an activating group) is 1. The van der Waals surface area contributed by atoms with Crippen LogP contribution in [-0.4, -0.2) is 38.9 Å². The second kappa shape index (κ2) is 8.60. The van der Waals surface area contributed by atoms with E-state index < -0.39 is 21.8 Å². The predicted octanol–water partition coefficient (Wildman–Crippen LogP) is 3.70. The second-order valence-corrected chi connectivity index (χ2v) is 8.60.